The van der Waals surface area contributed by atoms with E-state index >= 15 is 4.57 Å². The molecule has 15 nitrogen and oxygen atoms in total. The van der Waals surface area contributed by atoms with Crippen LogP contribution in [0.4, 0.5) is 0 Å². The van der Waals surface area contributed by atoms with Gasteiger partial charge >= 0.3 is 25.7 Å². The number of amides is 1. The number of aliphatic carboxylic acids is 1. The van der Waals surface area contributed by atoms with Crippen molar-refractivity contribution in [3.8, 4) is 11.5 Å². The summed E-state index contributed by atoms with van der Waals surface area (Å²) >= 11 is 0. The quantitative estimate of drug-likeness (QED) is 0.0276. The van der Waals surface area contributed by atoms with Gasteiger partial charge in [0.2, 0.25) is 5.91 Å². The standard InChI is InChI=1S/C62H102NO14P/c1-4-7-10-13-16-19-20-23-26-29-38-45-58(69)72-53(44-33-28-25-22-18-15-12-9-6-3)47-59(70)74-62-60(63-56(66)46-50(65)39-32-27-24-21-17-14-11-8-5-2)54(48-57(67)68)73-55(49-64)61(62)77-78(71,75-51-40-34-30-35-41-51)76-52-42-36-31-37-43-52/h30-31,34-37,40-43,50,53-55,60-62,64-65H,4-29,32-33,38-39,44-49H2,1-3H3,(H,63,66)(H,67,68)/t50-,53-,54-,55-,60+,61-,62-/m1/s1. The fraction of sp³-hybridized carbons (Fsp3) is 0.742. The molecule has 1 heterocycles. The number of aliphatic hydroxyl groups is 2. The van der Waals surface area contributed by atoms with Crippen molar-refractivity contribution in [1.82, 2.24) is 5.32 Å². The average Bonchev–Trinajstić information content (AvgIpc) is 3.43. The highest BCUT2D eigenvalue weighted by atomic mass is 31.2. The van der Waals surface area contributed by atoms with Crippen molar-refractivity contribution in [2.24, 2.45) is 0 Å². The average molecular weight is 1120 g/mol. The number of nitrogens with one attached hydrogen (secondary N) is 1. The number of carbonyl (C=O) groups excluding carboxylic acids is 3. The number of unbranched alkanes of at least 4 members (excludes halogenated alkanes) is 26. The molecule has 444 valence electrons. The number of ether oxygens (including phenoxy) is 3. The number of phosphoric acid groups is 1. The predicted molar refractivity (Wildman–Crippen MR) is 306 cm³/mol. The van der Waals surface area contributed by atoms with Gasteiger partial charge in [0.05, 0.1) is 44.1 Å². The van der Waals surface area contributed by atoms with E-state index in [0.29, 0.717) is 32.1 Å². The SMILES string of the molecule is CCCCCCCCCCCCCC(=O)O[C@H](CCCCCCCCCCC)CC(=O)O[C@@H]1[C@@H](NC(=O)C[C@H](O)CCCCCCCCCCC)[C@@H](CC(=O)O)O[C@H](CO)[C@H]1OP(=O)(Oc1ccccc1)Oc1ccccc1. The molecule has 0 radical (unpaired) electrons. The van der Waals surface area contributed by atoms with Crippen molar-refractivity contribution >= 4 is 31.6 Å². The number of hydrogen-bond donors (Lipinski definition) is 4. The lowest BCUT2D eigenvalue weighted by Gasteiger charge is -2.45. The predicted octanol–water partition coefficient (Wildman–Crippen LogP) is 14.9. The van der Waals surface area contributed by atoms with Gasteiger partial charge < -0.3 is 43.9 Å². The van der Waals surface area contributed by atoms with Crippen molar-refractivity contribution in [3.05, 3.63) is 60.7 Å². The summed E-state index contributed by atoms with van der Waals surface area (Å²) in [4.78, 5) is 54.5. The van der Waals surface area contributed by atoms with Crippen LogP contribution in [-0.2, 0) is 42.5 Å². The van der Waals surface area contributed by atoms with Crippen molar-refractivity contribution in [2.45, 2.75) is 288 Å². The maximum Gasteiger partial charge on any atom is 0.588 e. The summed E-state index contributed by atoms with van der Waals surface area (Å²) in [5.74, 6) is -3.12. The highest BCUT2D eigenvalue weighted by Gasteiger charge is 2.53. The number of carboxylic acids is 1. The summed E-state index contributed by atoms with van der Waals surface area (Å²) in [5.41, 5.74) is 0. The first-order valence-electron chi connectivity index (χ1n) is 30.5. The second-order valence-electron chi connectivity index (χ2n) is 21.6. The topological polar surface area (TPSA) is 213 Å². The molecule has 7 atom stereocenters. The molecular weight excluding hydrogens is 1010 g/mol. The zero-order valence-electron chi connectivity index (χ0n) is 48.1. The zero-order chi connectivity index (χ0) is 56.5. The van der Waals surface area contributed by atoms with Crippen LogP contribution in [0.3, 0.4) is 0 Å². The Balaban J connectivity index is 1.90. The van der Waals surface area contributed by atoms with E-state index in [1.54, 1.807) is 36.4 Å². The van der Waals surface area contributed by atoms with Gasteiger partial charge in [-0.15, -0.1) is 0 Å². The lowest BCUT2D eigenvalue weighted by molar-refractivity contribution is -0.210. The molecule has 2 aromatic rings. The van der Waals surface area contributed by atoms with Crippen LogP contribution in [0.25, 0.3) is 0 Å². The summed E-state index contributed by atoms with van der Waals surface area (Å²) in [6, 6.07) is 14.7. The van der Waals surface area contributed by atoms with Crippen molar-refractivity contribution in [2.75, 3.05) is 6.61 Å². The monoisotopic (exact) mass is 1120 g/mol. The van der Waals surface area contributed by atoms with Gasteiger partial charge in [0.15, 0.2) is 6.10 Å². The Bertz CT molecular complexity index is 1860. The van der Waals surface area contributed by atoms with Gasteiger partial charge in [-0.25, -0.2) is 4.57 Å². The van der Waals surface area contributed by atoms with E-state index < -0.39 is 93.8 Å². The van der Waals surface area contributed by atoms with Gasteiger partial charge in [0.1, 0.15) is 29.8 Å². The molecule has 3 rings (SSSR count). The molecule has 0 saturated carbocycles. The van der Waals surface area contributed by atoms with Crippen LogP contribution in [0, 0.1) is 0 Å². The fourth-order valence-electron chi connectivity index (χ4n) is 10.1. The third-order valence-corrected chi connectivity index (χ3v) is 15.9. The van der Waals surface area contributed by atoms with Crippen LogP contribution < -0.4 is 14.4 Å². The molecule has 0 aromatic heterocycles. The summed E-state index contributed by atoms with van der Waals surface area (Å²) in [5, 5.41) is 34.9. The van der Waals surface area contributed by atoms with Crippen molar-refractivity contribution in [1.29, 1.82) is 0 Å². The smallest absolute Gasteiger partial charge is 0.481 e. The molecule has 1 saturated heterocycles. The number of phosphoric ester groups is 1. The van der Waals surface area contributed by atoms with Crippen molar-refractivity contribution in [3.63, 3.8) is 0 Å². The molecular formula is C62H102NO14P. The third kappa shape index (κ3) is 31.1. The van der Waals surface area contributed by atoms with E-state index in [1.165, 1.54) is 121 Å². The van der Waals surface area contributed by atoms with E-state index in [2.05, 4.69) is 26.1 Å². The molecule has 4 N–H and O–H groups in total. The Morgan fingerprint density at radius 1 is 0.564 bits per heavy atom. The highest BCUT2D eigenvalue weighted by molar-refractivity contribution is 7.49. The Hall–Kier alpha value is -4.01. The molecule has 0 unspecified atom stereocenters. The largest absolute Gasteiger partial charge is 0.588 e. The summed E-state index contributed by atoms with van der Waals surface area (Å²) < 4.78 is 51.7. The van der Waals surface area contributed by atoms with E-state index in [1.807, 2.05) is 0 Å². The zero-order valence-corrected chi connectivity index (χ0v) is 48.9. The van der Waals surface area contributed by atoms with Gasteiger partial charge in [-0.1, -0.05) is 231 Å². The fourth-order valence-corrected chi connectivity index (χ4v) is 11.5. The van der Waals surface area contributed by atoms with Gasteiger partial charge in [-0.05, 0) is 49.9 Å². The highest BCUT2D eigenvalue weighted by Crippen LogP contribution is 2.52. The van der Waals surface area contributed by atoms with E-state index in [0.717, 1.165) is 70.6 Å². The molecule has 16 heteroatoms. The number of aliphatic hydroxyl groups excluding tert-OH is 2. The van der Waals surface area contributed by atoms with Crippen LogP contribution in [-0.4, -0.2) is 88.4 Å². The Labute approximate surface area is 469 Å². The number of esters is 2. The summed E-state index contributed by atoms with van der Waals surface area (Å²) in [7, 11) is -4.85. The molecule has 1 aliphatic rings. The second kappa shape index (κ2) is 42.8. The number of hydrogen-bond acceptors (Lipinski definition) is 13. The molecule has 1 aliphatic heterocycles. The number of carbonyl (C=O) groups is 4. The Morgan fingerprint density at radius 3 is 1.45 bits per heavy atom. The van der Waals surface area contributed by atoms with E-state index in [4.69, 9.17) is 27.8 Å². The number of rotatable bonds is 48. The molecule has 0 aliphatic carbocycles. The lowest BCUT2D eigenvalue weighted by atomic mass is 9.90. The van der Waals surface area contributed by atoms with Gasteiger partial charge in [-0.2, -0.15) is 0 Å². The van der Waals surface area contributed by atoms with Gasteiger partial charge in [-0.3, -0.25) is 23.7 Å². The Morgan fingerprint density at radius 2 is 1.00 bits per heavy atom. The first-order valence-corrected chi connectivity index (χ1v) is 32.0. The molecule has 0 bridgehead atoms. The molecule has 1 fully saturated rings. The Kier molecular flexibility index (Phi) is 37.5. The summed E-state index contributed by atoms with van der Waals surface area (Å²) in [6.45, 7) is 5.78. The van der Waals surface area contributed by atoms with Crippen LogP contribution in [0.5, 0.6) is 11.5 Å². The van der Waals surface area contributed by atoms with Crippen LogP contribution in [0.2, 0.25) is 0 Å². The normalized spacial score (nSPS) is 18.2. The minimum atomic E-state index is -4.85. The minimum Gasteiger partial charge on any atom is -0.481 e. The third-order valence-electron chi connectivity index (χ3n) is 14.5. The maximum atomic E-state index is 15.0. The van der Waals surface area contributed by atoms with Crippen molar-refractivity contribution < 1.29 is 66.8 Å². The summed E-state index contributed by atoms with van der Waals surface area (Å²) in [6.07, 6.45) is 23.1. The maximum absolute atomic E-state index is 15.0. The molecule has 1 amide bonds. The van der Waals surface area contributed by atoms with E-state index in [-0.39, 0.29) is 24.3 Å². The van der Waals surface area contributed by atoms with Gasteiger partial charge in [0, 0.05) is 6.42 Å². The minimum absolute atomic E-state index is 0.0893. The van der Waals surface area contributed by atoms with Crippen LogP contribution in [0.1, 0.15) is 245 Å². The van der Waals surface area contributed by atoms with Crippen LogP contribution >= 0.6 is 7.82 Å². The number of carboxylic acid groups (broad SMARTS) is 1. The number of para-hydroxylation sites is 2. The van der Waals surface area contributed by atoms with Gasteiger partial charge in [0.25, 0.3) is 0 Å². The van der Waals surface area contributed by atoms with Crippen LogP contribution in [0.15, 0.2) is 60.7 Å². The molecule has 78 heavy (non-hydrogen) atoms. The first-order chi connectivity index (χ1) is 37.9. The first kappa shape index (κ1) is 68.3. The second-order valence-corrected chi connectivity index (χ2v) is 23.0. The molecule has 0 spiro atoms. The lowest BCUT2D eigenvalue weighted by Crippen LogP contribution is -2.66. The molecule has 2 aromatic carbocycles. The number of benzene rings is 2. The van der Waals surface area contributed by atoms with E-state index in [9.17, 15) is 34.5 Å².